The van der Waals surface area contributed by atoms with Crippen LogP contribution >= 0.6 is 11.6 Å². The van der Waals surface area contributed by atoms with Gasteiger partial charge in [0.1, 0.15) is 28.6 Å². The Bertz CT molecular complexity index is 720. The normalized spacial score (nSPS) is 10.3. The van der Waals surface area contributed by atoms with Crippen LogP contribution in [0.25, 0.3) is 0 Å². The summed E-state index contributed by atoms with van der Waals surface area (Å²) in [4.78, 5) is 11.9. The topological polar surface area (TPSA) is 54.0 Å². The first-order chi connectivity index (χ1) is 11.5. The first-order valence-electron chi connectivity index (χ1n) is 7.11. The standard InChI is InChI=1S/C17H16ClFO5/c1-3-22-17(20)13-6-4-11(19)8-16(13)24-15-7-5-12(9-14(15)18)23-10-21-2/h4-9H,3,10H2,1-2H3. The Kier molecular flexibility index (Phi) is 6.40. The molecule has 2 aromatic carbocycles. The van der Waals surface area contributed by atoms with Gasteiger partial charge in [-0.15, -0.1) is 0 Å². The van der Waals surface area contributed by atoms with E-state index < -0.39 is 11.8 Å². The molecule has 0 atom stereocenters. The van der Waals surface area contributed by atoms with E-state index in [2.05, 4.69) is 0 Å². The Morgan fingerprint density at radius 3 is 2.62 bits per heavy atom. The van der Waals surface area contributed by atoms with E-state index in [1.165, 1.54) is 19.2 Å². The van der Waals surface area contributed by atoms with Gasteiger partial charge in [-0.3, -0.25) is 0 Å². The van der Waals surface area contributed by atoms with E-state index in [0.29, 0.717) is 5.75 Å². The summed E-state index contributed by atoms with van der Waals surface area (Å²) in [6.45, 7) is 1.95. The predicted molar refractivity (Wildman–Crippen MR) is 86.4 cm³/mol. The number of benzene rings is 2. The molecule has 7 heteroatoms. The van der Waals surface area contributed by atoms with E-state index in [0.717, 1.165) is 12.1 Å². The van der Waals surface area contributed by atoms with Crippen LogP contribution in [0.4, 0.5) is 4.39 Å². The molecule has 0 radical (unpaired) electrons. The second-order valence-electron chi connectivity index (χ2n) is 4.61. The van der Waals surface area contributed by atoms with Crippen molar-refractivity contribution < 1.29 is 28.1 Å². The summed E-state index contributed by atoms with van der Waals surface area (Å²) in [7, 11) is 1.50. The van der Waals surface area contributed by atoms with Crippen molar-refractivity contribution in [3.63, 3.8) is 0 Å². The van der Waals surface area contributed by atoms with E-state index in [1.54, 1.807) is 19.1 Å². The molecule has 0 aromatic heterocycles. The fraction of sp³-hybridized carbons (Fsp3) is 0.235. The van der Waals surface area contributed by atoms with Crippen LogP contribution in [0.3, 0.4) is 0 Å². The highest BCUT2D eigenvalue weighted by Gasteiger charge is 2.16. The van der Waals surface area contributed by atoms with Crippen molar-refractivity contribution in [1.29, 1.82) is 0 Å². The zero-order chi connectivity index (χ0) is 17.5. The third kappa shape index (κ3) is 4.59. The van der Waals surface area contributed by atoms with Crippen LogP contribution in [0.1, 0.15) is 17.3 Å². The monoisotopic (exact) mass is 354 g/mol. The SMILES string of the molecule is CCOC(=O)c1ccc(F)cc1Oc1ccc(OCOC)cc1Cl. The molecule has 2 aromatic rings. The number of hydrogen-bond donors (Lipinski definition) is 0. The molecule has 0 saturated heterocycles. The molecule has 0 aliphatic heterocycles. The number of halogens is 2. The lowest BCUT2D eigenvalue weighted by atomic mass is 10.2. The van der Waals surface area contributed by atoms with Crippen LogP contribution in [0.2, 0.25) is 5.02 Å². The molecule has 0 bridgehead atoms. The highest BCUT2D eigenvalue weighted by Crippen LogP contribution is 2.34. The maximum Gasteiger partial charge on any atom is 0.341 e. The van der Waals surface area contributed by atoms with Gasteiger partial charge in [-0.1, -0.05) is 11.6 Å². The quantitative estimate of drug-likeness (QED) is 0.544. The van der Waals surface area contributed by atoms with Gasteiger partial charge in [0.05, 0.1) is 11.6 Å². The van der Waals surface area contributed by atoms with Crippen molar-refractivity contribution in [2.75, 3.05) is 20.5 Å². The van der Waals surface area contributed by atoms with Gasteiger partial charge >= 0.3 is 5.97 Å². The van der Waals surface area contributed by atoms with Gasteiger partial charge in [0.2, 0.25) is 0 Å². The van der Waals surface area contributed by atoms with E-state index in [-0.39, 0.29) is 35.5 Å². The third-order valence-electron chi connectivity index (χ3n) is 2.91. The number of ether oxygens (including phenoxy) is 4. The maximum absolute atomic E-state index is 13.5. The zero-order valence-corrected chi connectivity index (χ0v) is 13.9. The van der Waals surface area contributed by atoms with Crippen LogP contribution in [0.15, 0.2) is 36.4 Å². The van der Waals surface area contributed by atoms with Crippen molar-refractivity contribution in [3.05, 3.63) is 52.8 Å². The van der Waals surface area contributed by atoms with Crippen molar-refractivity contribution in [2.24, 2.45) is 0 Å². The Morgan fingerprint density at radius 1 is 1.17 bits per heavy atom. The van der Waals surface area contributed by atoms with E-state index in [1.807, 2.05) is 0 Å². The lowest BCUT2D eigenvalue weighted by molar-refractivity contribution is 0.0509. The number of carbonyl (C=O) groups is 1. The van der Waals surface area contributed by atoms with Gasteiger partial charge < -0.3 is 18.9 Å². The van der Waals surface area contributed by atoms with Gasteiger partial charge in [0.25, 0.3) is 0 Å². The molecule has 128 valence electrons. The lowest BCUT2D eigenvalue weighted by Gasteiger charge is -2.13. The average Bonchev–Trinajstić information content (AvgIpc) is 2.55. The summed E-state index contributed by atoms with van der Waals surface area (Å²) in [6, 6.07) is 8.24. The minimum Gasteiger partial charge on any atom is -0.468 e. The predicted octanol–water partition coefficient (Wildman–Crippen LogP) is 4.43. The molecular formula is C17H16ClFO5. The summed E-state index contributed by atoms with van der Waals surface area (Å²) >= 11 is 6.14. The molecule has 0 spiro atoms. The molecule has 24 heavy (non-hydrogen) atoms. The number of hydrogen-bond acceptors (Lipinski definition) is 5. The number of carbonyl (C=O) groups excluding carboxylic acids is 1. The van der Waals surface area contributed by atoms with Crippen molar-refractivity contribution in [3.8, 4) is 17.2 Å². The smallest absolute Gasteiger partial charge is 0.341 e. The van der Waals surface area contributed by atoms with Gasteiger partial charge in [-0.05, 0) is 31.2 Å². The third-order valence-corrected chi connectivity index (χ3v) is 3.20. The fourth-order valence-corrected chi connectivity index (χ4v) is 2.07. The average molecular weight is 355 g/mol. The highest BCUT2D eigenvalue weighted by atomic mass is 35.5. The molecule has 0 unspecified atom stereocenters. The molecular weight excluding hydrogens is 339 g/mol. The largest absolute Gasteiger partial charge is 0.468 e. The molecule has 0 aliphatic carbocycles. The molecule has 5 nitrogen and oxygen atoms in total. The van der Waals surface area contributed by atoms with Crippen molar-refractivity contribution in [2.45, 2.75) is 6.92 Å². The Morgan fingerprint density at radius 2 is 1.96 bits per heavy atom. The van der Waals surface area contributed by atoms with Gasteiger partial charge in [-0.2, -0.15) is 0 Å². The Balaban J connectivity index is 2.27. The Labute approximate surface area is 143 Å². The summed E-state index contributed by atoms with van der Waals surface area (Å²) in [5, 5.41) is 0.239. The first-order valence-corrected chi connectivity index (χ1v) is 7.48. The Hall–Kier alpha value is -2.31. The minimum absolute atomic E-state index is 0.0147. The number of esters is 1. The summed E-state index contributed by atoms with van der Waals surface area (Å²) in [6.07, 6.45) is 0. The van der Waals surface area contributed by atoms with Crippen LogP contribution in [0, 0.1) is 5.82 Å². The number of methoxy groups -OCH3 is 1. The van der Waals surface area contributed by atoms with Gasteiger partial charge in [-0.25, -0.2) is 9.18 Å². The summed E-state index contributed by atoms with van der Waals surface area (Å²) in [5.74, 6) is -0.407. The van der Waals surface area contributed by atoms with E-state index in [4.69, 9.17) is 30.5 Å². The first kappa shape index (κ1) is 18.0. The van der Waals surface area contributed by atoms with E-state index in [9.17, 15) is 9.18 Å². The lowest BCUT2D eigenvalue weighted by Crippen LogP contribution is -2.07. The van der Waals surface area contributed by atoms with Crippen LogP contribution in [-0.2, 0) is 9.47 Å². The molecule has 2 rings (SSSR count). The minimum atomic E-state index is -0.608. The molecule has 0 saturated carbocycles. The van der Waals surface area contributed by atoms with Crippen LogP contribution in [-0.4, -0.2) is 26.5 Å². The second kappa shape index (κ2) is 8.52. The number of rotatable bonds is 7. The molecule has 0 aliphatic rings. The highest BCUT2D eigenvalue weighted by molar-refractivity contribution is 6.32. The second-order valence-corrected chi connectivity index (χ2v) is 5.01. The van der Waals surface area contributed by atoms with Gasteiger partial charge in [0.15, 0.2) is 6.79 Å². The molecule has 0 heterocycles. The van der Waals surface area contributed by atoms with Crippen molar-refractivity contribution >= 4 is 17.6 Å². The van der Waals surface area contributed by atoms with E-state index >= 15 is 0 Å². The molecule has 0 N–H and O–H groups in total. The summed E-state index contributed by atoms with van der Waals surface area (Å²) in [5.41, 5.74) is 0.106. The van der Waals surface area contributed by atoms with Crippen LogP contribution < -0.4 is 9.47 Å². The fourth-order valence-electron chi connectivity index (χ4n) is 1.86. The van der Waals surface area contributed by atoms with Crippen molar-refractivity contribution in [1.82, 2.24) is 0 Å². The summed E-state index contributed by atoms with van der Waals surface area (Å²) < 4.78 is 34.1. The zero-order valence-electron chi connectivity index (χ0n) is 13.2. The molecule has 0 fully saturated rings. The maximum atomic E-state index is 13.5. The van der Waals surface area contributed by atoms with Gasteiger partial charge in [0, 0.05) is 19.2 Å². The molecule has 0 amide bonds. The van der Waals surface area contributed by atoms with Crippen LogP contribution in [0.5, 0.6) is 17.2 Å².